The zero-order valence-electron chi connectivity index (χ0n) is 12.0. The second-order valence-electron chi connectivity index (χ2n) is 5.28. The van der Waals surface area contributed by atoms with Gasteiger partial charge in [0.2, 0.25) is 5.69 Å². The van der Waals surface area contributed by atoms with Crippen LogP contribution in [0.5, 0.6) is 0 Å². The van der Waals surface area contributed by atoms with Gasteiger partial charge in [-0.25, -0.2) is 4.57 Å². The molecule has 4 aromatic rings. The van der Waals surface area contributed by atoms with Gasteiger partial charge >= 0.3 is 0 Å². The normalized spacial score (nSPS) is 11.3. The highest BCUT2D eigenvalue weighted by molar-refractivity contribution is 6.10. The number of hydrogen-bond acceptors (Lipinski definition) is 2. The van der Waals surface area contributed by atoms with E-state index in [-0.39, 0.29) is 0 Å². The number of hydrogen-bond donors (Lipinski definition) is 0. The molecule has 0 bridgehead atoms. The predicted octanol–water partition coefficient (Wildman–Crippen LogP) is 3.78. The first-order valence-electron chi connectivity index (χ1n) is 6.97. The van der Waals surface area contributed by atoms with Crippen LogP contribution in [0, 0.1) is 6.92 Å². The molecule has 3 aromatic heterocycles. The highest BCUT2D eigenvalue weighted by atomic mass is 16.3. The van der Waals surface area contributed by atoms with Crippen molar-refractivity contribution < 1.29 is 8.98 Å². The largest absolute Gasteiger partial charge is 0.454 e. The van der Waals surface area contributed by atoms with E-state index >= 15 is 0 Å². The number of benzene rings is 1. The second-order valence-corrected chi connectivity index (χ2v) is 5.28. The van der Waals surface area contributed by atoms with Crippen LogP contribution in [-0.2, 0) is 7.05 Å². The molecule has 0 radical (unpaired) electrons. The third kappa shape index (κ3) is 1.74. The van der Waals surface area contributed by atoms with Crippen molar-refractivity contribution in [2.45, 2.75) is 6.92 Å². The molecule has 3 heterocycles. The predicted molar refractivity (Wildman–Crippen MR) is 82.9 cm³/mol. The summed E-state index contributed by atoms with van der Waals surface area (Å²) in [7, 11) is 2.06. The number of pyridine rings is 2. The van der Waals surface area contributed by atoms with E-state index in [4.69, 9.17) is 4.42 Å². The fourth-order valence-electron chi connectivity index (χ4n) is 2.90. The van der Waals surface area contributed by atoms with Crippen LogP contribution in [0.1, 0.15) is 5.56 Å². The third-order valence-corrected chi connectivity index (χ3v) is 3.91. The van der Waals surface area contributed by atoms with E-state index in [1.54, 1.807) is 0 Å². The van der Waals surface area contributed by atoms with E-state index in [2.05, 4.69) is 47.9 Å². The van der Waals surface area contributed by atoms with E-state index in [9.17, 15) is 0 Å². The van der Waals surface area contributed by atoms with Crippen molar-refractivity contribution in [3.05, 3.63) is 60.4 Å². The van der Waals surface area contributed by atoms with Crippen LogP contribution in [0.4, 0.5) is 0 Å². The number of aromatic nitrogens is 2. The van der Waals surface area contributed by atoms with Gasteiger partial charge in [0.25, 0.3) is 0 Å². The molecule has 0 aliphatic heterocycles. The molecule has 0 fully saturated rings. The molecule has 0 saturated heterocycles. The minimum atomic E-state index is 0.831. The maximum absolute atomic E-state index is 5.94. The Hall–Kier alpha value is -2.68. The number of rotatable bonds is 1. The highest BCUT2D eigenvalue weighted by Crippen LogP contribution is 2.36. The van der Waals surface area contributed by atoms with E-state index in [0.717, 1.165) is 27.8 Å². The molecule has 1 aromatic carbocycles. The first-order valence-corrected chi connectivity index (χ1v) is 6.97. The van der Waals surface area contributed by atoms with Crippen LogP contribution in [0.3, 0.4) is 0 Å². The average molecular weight is 275 g/mol. The molecule has 0 spiro atoms. The third-order valence-electron chi connectivity index (χ3n) is 3.91. The summed E-state index contributed by atoms with van der Waals surface area (Å²) in [6, 6.07) is 14.2. The molecule has 0 aliphatic rings. The van der Waals surface area contributed by atoms with Crippen molar-refractivity contribution in [1.82, 2.24) is 4.98 Å². The molecule has 21 heavy (non-hydrogen) atoms. The maximum atomic E-state index is 5.94. The van der Waals surface area contributed by atoms with Crippen LogP contribution in [0.25, 0.3) is 33.3 Å². The summed E-state index contributed by atoms with van der Waals surface area (Å²) in [5, 5.41) is 1.09. The van der Waals surface area contributed by atoms with Crippen LogP contribution < -0.4 is 4.57 Å². The number of nitrogens with zero attached hydrogens (tertiary/aromatic N) is 2. The smallest absolute Gasteiger partial charge is 0.213 e. The highest BCUT2D eigenvalue weighted by Gasteiger charge is 2.20. The lowest BCUT2D eigenvalue weighted by atomic mass is 9.99. The number of fused-ring (bicyclic) bond motifs is 3. The van der Waals surface area contributed by atoms with Crippen LogP contribution >= 0.6 is 0 Å². The Morgan fingerprint density at radius 2 is 1.90 bits per heavy atom. The number of furan rings is 1. The van der Waals surface area contributed by atoms with E-state index in [0.29, 0.717) is 0 Å². The molecule has 0 N–H and O–H groups in total. The van der Waals surface area contributed by atoms with Crippen molar-refractivity contribution in [1.29, 1.82) is 0 Å². The lowest BCUT2D eigenvalue weighted by Crippen LogP contribution is -2.30. The fraction of sp³-hybridized carbons (Fsp3) is 0.111. The van der Waals surface area contributed by atoms with Gasteiger partial charge in [0.1, 0.15) is 18.1 Å². The molecule has 0 atom stereocenters. The number of aryl methyl sites for hydroxylation is 2. The Kier molecular flexibility index (Phi) is 2.54. The van der Waals surface area contributed by atoms with Gasteiger partial charge < -0.3 is 4.42 Å². The van der Waals surface area contributed by atoms with Crippen molar-refractivity contribution in [3.8, 4) is 11.3 Å². The molecular formula is C18H15N2O+. The lowest BCUT2D eigenvalue weighted by Gasteiger charge is -2.05. The van der Waals surface area contributed by atoms with Gasteiger partial charge in [-0.2, -0.15) is 0 Å². The van der Waals surface area contributed by atoms with E-state index in [1.165, 1.54) is 11.1 Å². The standard InChI is InChI=1S/C18H15N2O/c1-12-8-9-14-17(18-15(21-14)7-5-10-19-18)16(12)13-6-3-4-11-20(13)2/h3-11H,1-2H3/q+1. The van der Waals surface area contributed by atoms with Gasteiger partial charge in [0.15, 0.2) is 11.8 Å². The van der Waals surface area contributed by atoms with Crippen LogP contribution in [0.15, 0.2) is 59.3 Å². The summed E-state index contributed by atoms with van der Waals surface area (Å²) < 4.78 is 8.07. The van der Waals surface area contributed by atoms with Crippen molar-refractivity contribution in [2.24, 2.45) is 7.05 Å². The Bertz CT molecular complexity index is 969. The van der Waals surface area contributed by atoms with Gasteiger partial charge in [0.05, 0.1) is 10.9 Å². The summed E-state index contributed by atoms with van der Waals surface area (Å²) in [5.74, 6) is 0. The summed E-state index contributed by atoms with van der Waals surface area (Å²) in [5.41, 5.74) is 6.21. The minimum Gasteiger partial charge on any atom is -0.454 e. The fourth-order valence-corrected chi connectivity index (χ4v) is 2.90. The van der Waals surface area contributed by atoms with Gasteiger partial charge in [-0.05, 0) is 36.8 Å². The lowest BCUT2D eigenvalue weighted by molar-refractivity contribution is -0.660. The molecule has 4 rings (SSSR count). The summed E-state index contributed by atoms with van der Waals surface area (Å²) in [6.07, 6.45) is 3.87. The topological polar surface area (TPSA) is 29.9 Å². The average Bonchev–Trinajstić information content (AvgIpc) is 2.87. The molecule has 0 aliphatic carbocycles. The van der Waals surface area contributed by atoms with Crippen LogP contribution in [-0.4, -0.2) is 4.98 Å². The van der Waals surface area contributed by atoms with Gasteiger partial charge in [0, 0.05) is 18.3 Å². The maximum Gasteiger partial charge on any atom is 0.213 e. The van der Waals surface area contributed by atoms with E-state index < -0.39 is 0 Å². The summed E-state index contributed by atoms with van der Waals surface area (Å²) in [4.78, 5) is 4.52. The van der Waals surface area contributed by atoms with E-state index in [1.807, 2.05) is 30.5 Å². The molecule has 0 unspecified atom stereocenters. The Balaban J connectivity index is 2.22. The van der Waals surface area contributed by atoms with Gasteiger partial charge in [-0.3, -0.25) is 4.98 Å². The van der Waals surface area contributed by atoms with Gasteiger partial charge in [-0.1, -0.05) is 6.07 Å². The zero-order chi connectivity index (χ0) is 14.4. The monoisotopic (exact) mass is 275 g/mol. The zero-order valence-corrected chi connectivity index (χ0v) is 12.0. The molecule has 3 heteroatoms. The molecule has 0 saturated carbocycles. The Labute approximate surface area is 122 Å². The van der Waals surface area contributed by atoms with Crippen molar-refractivity contribution in [3.63, 3.8) is 0 Å². The van der Waals surface area contributed by atoms with Crippen molar-refractivity contribution in [2.75, 3.05) is 0 Å². The summed E-state index contributed by atoms with van der Waals surface area (Å²) >= 11 is 0. The summed E-state index contributed by atoms with van der Waals surface area (Å²) in [6.45, 7) is 2.13. The first kappa shape index (κ1) is 12.1. The van der Waals surface area contributed by atoms with Gasteiger partial charge in [-0.15, -0.1) is 0 Å². The molecule has 0 amide bonds. The Morgan fingerprint density at radius 1 is 1.00 bits per heavy atom. The molecule has 3 nitrogen and oxygen atoms in total. The van der Waals surface area contributed by atoms with Crippen LogP contribution in [0.2, 0.25) is 0 Å². The Morgan fingerprint density at radius 3 is 2.76 bits per heavy atom. The second kappa shape index (κ2) is 4.42. The quantitative estimate of drug-likeness (QED) is 0.495. The minimum absolute atomic E-state index is 0.831. The molecular weight excluding hydrogens is 260 g/mol. The SMILES string of the molecule is Cc1ccc2oc3cccnc3c2c1-c1cccc[n+]1C. The first-order chi connectivity index (χ1) is 10.3. The molecule has 102 valence electrons. The van der Waals surface area contributed by atoms with Crippen molar-refractivity contribution >= 4 is 22.1 Å².